The van der Waals surface area contributed by atoms with Gasteiger partial charge in [0, 0.05) is 0 Å². The second-order valence-electron chi connectivity index (χ2n) is 2.62. The Morgan fingerprint density at radius 3 is 2.83 bits per heavy atom. The average Bonchev–Trinajstić information content (AvgIpc) is 2.05. The summed E-state index contributed by atoms with van der Waals surface area (Å²) in [5.41, 5.74) is 1.90. The first-order valence-electron chi connectivity index (χ1n) is 3.81. The van der Waals surface area contributed by atoms with Crippen molar-refractivity contribution in [1.29, 1.82) is 0 Å². The number of hydrogen-bond acceptors (Lipinski definition) is 2. The number of aromatic hydroxyl groups is 1. The summed E-state index contributed by atoms with van der Waals surface area (Å²) in [6.07, 6.45) is 1.70. The number of phenolic OH excluding ortho intramolecular Hbond substituents is 1. The minimum absolute atomic E-state index is 0.0293. The number of rotatable bonds is 2. The van der Waals surface area contributed by atoms with Crippen molar-refractivity contribution < 1.29 is 10.2 Å². The van der Waals surface area contributed by atoms with Crippen molar-refractivity contribution in [2.75, 3.05) is 6.61 Å². The maximum atomic E-state index is 9.14. The van der Waals surface area contributed by atoms with Gasteiger partial charge in [-0.3, -0.25) is 0 Å². The number of benzene rings is 1. The Morgan fingerprint density at radius 1 is 1.50 bits per heavy atom. The van der Waals surface area contributed by atoms with Gasteiger partial charge in [0.15, 0.2) is 0 Å². The van der Waals surface area contributed by atoms with Gasteiger partial charge < -0.3 is 10.2 Å². The molecular formula is C10H12O2. The largest absolute Gasteiger partial charge is 0.508 e. The van der Waals surface area contributed by atoms with E-state index >= 15 is 0 Å². The zero-order valence-electron chi connectivity index (χ0n) is 6.99. The molecule has 12 heavy (non-hydrogen) atoms. The Kier molecular flexibility index (Phi) is 2.88. The van der Waals surface area contributed by atoms with Crippen LogP contribution in [0.4, 0.5) is 0 Å². The molecule has 0 heterocycles. The molecule has 0 amide bonds. The molecule has 0 unspecified atom stereocenters. The highest BCUT2D eigenvalue weighted by Crippen LogP contribution is 2.18. The molecule has 64 valence electrons. The molecule has 1 rings (SSSR count). The molecule has 1 aromatic carbocycles. The van der Waals surface area contributed by atoms with Gasteiger partial charge in [0.2, 0.25) is 0 Å². The molecule has 0 spiro atoms. The summed E-state index contributed by atoms with van der Waals surface area (Å²) in [7, 11) is 0. The fourth-order valence-corrected chi connectivity index (χ4v) is 1.01. The third kappa shape index (κ3) is 2.10. The quantitative estimate of drug-likeness (QED) is 0.699. The van der Waals surface area contributed by atoms with Crippen molar-refractivity contribution in [3.8, 4) is 5.75 Å². The SMILES string of the molecule is C/C(=C/CO)c1cccc(O)c1. The summed E-state index contributed by atoms with van der Waals surface area (Å²) in [5, 5.41) is 17.8. The first-order valence-corrected chi connectivity index (χ1v) is 3.81. The van der Waals surface area contributed by atoms with Gasteiger partial charge in [-0.1, -0.05) is 18.2 Å². The minimum atomic E-state index is 0.0293. The van der Waals surface area contributed by atoms with E-state index in [9.17, 15) is 0 Å². The maximum Gasteiger partial charge on any atom is 0.116 e. The molecule has 0 aliphatic heterocycles. The van der Waals surface area contributed by atoms with Gasteiger partial charge in [0.1, 0.15) is 5.75 Å². The molecular weight excluding hydrogens is 152 g/mol. The lowest BCUT2D eigenvalue weighted by Crippen LogP contribution is -1.81. The molecule has 0 saturated carbocycles. The lowest BCUT2D eigenvalue weighted by atomic mass is 10.1. The van der Waals surface area contributed by atoms with Crippen LogP contribution in [0.25, 0.3) is 5.57 Å². The van der Waals surface area contributed by atoms with Crippen LogP contribution < -0.4 is 0 Å². The molecule has 2 nitrogen and oxygen atoms in total. The van der Waals surface area contributed by atoms with Gasteiger partial charge >= 0.3 is 0 Å². The Hall–Kier alpha value is -1.28. The molecule has 0 aliphatic rings. The van der Waals surface area contributed by atoms with Gasteiger partial charge in [-0.2, -0.15) is 0 Å². The third-order valence-electron chi connectivity index (χ3n) is 1.70. The van der Waals surface area contributed by atoms with Gasteiger partial charge in [0.25, 0.3) is 0 Å². The fourth-order valence-electron chi connectivity index (χ4n) is 1.01. The smallest absolute Gasteiger partial charge is 0.116 e. The Morgan fingerprint density at radius 2 is 2.25 bits per heavy atom. The summed E-state index contributed by atoms with van der Waals surface area (Å²) in [4.78, 5) is 0. The van der Waals surface area contributed by atoms with E-state index in [4.69, 9.17) is 10.2 Å². The highest BCUT2D eigenvalue weighted by Gasteiger charge is 1.95. The summed E-state index contributed by atoms with van der Waals surface area (Å²) < 4.78 is 0. The van der Waals surface area contributed by atoms with Crippen LogP contribution >= 0.6 is 0 Å². The monoisotopic (exact) mass is 164 g/mol. The molecule has 1 aromatic rings. The topological polar surface area (TPSA) is 40.5 Å². The van der Waals surface area contributed by atoms with Crippen molar-refractivity contribution in [1.82, 2.24) is 0 Å². The average molecular weight is 164 g/mol. The first-order chi connectivity index (χ1) is 5.74. The van der Waals surface area contributed by atoms with Gasteiger partial charge in [-0.15, -0.1) is 0 Å². The Labute approximate surface area is 71.8 Å². The molecule has 0 bridgehead atoms. The van der Waals surface area contributed by atoms with Crippen LogP contribution in [0.1, 0.15) is 12.5 Å². The van der Waals surface area contributed by atoms with E-state index in [2.05, 4.69) is 0 Å². The van der Waals surface area contributed by atoms with E-state index in [1.54, 1.807) is 24.3 Å². The first kappa shape index (κ1) is 8.81. The third-order valence-corrected chi connectivity index (χ3v) is 1.70. The second kappa shape index (κ2) is 3.93. The number of phenols is 1. The fraction of sp³-hybridized carbons (Fsp3) is 0.200. The van der Waals surface area contributed by atoms with Crippen LogP contribution in [-0.2, 0) is 0 Å². The van der Waals surface area contributed by atoms with Crippen molar-refractivity contribution in [2.45, 2.75) is 6.92 Å². The molecule has 0 radical (unpaired) electrons. The van der Waals surface area contributed by atoms with E-state index in [1.165, 1.54) is 0 Å². The van der Waals surface area contributed by atoms with Crippen molar-refractivity contribution in [2.24, 2.45) is 0 Å². The van der Waals surface area contributed by atoms with Gasteiger partial charge in [-0.05, 0) is 30.2 Å². The maximum absolute atomic E-state index is 9.14. The van der Waals surface area contributed by atoms with E-state index in [-0.39, 0.29) is 12.4 Å². The Bertz CT molecular complexity index is 290. The van der Waals surface area contributed by atoms with Gasteiger partial charge in [-0.25, -0.2) is 0 Å². The molecule has 0 atom stereocenters. The normalized spacial score (nSPS) is 11.7. The number of allylic oxidation sites excluding steroid dienone is 1. The van der Waals surface area contributed by atoms with E-state index in [0.717, 1.165) is 11.1 Å². The standard InChI is InChI=1S/C10H12O2/c1-8(5-6-11)9-3-2-4-10(12)7-9/h2-5,7,11-12H,6H2,1H3/b8-5-. The summed E-state index contributed by atoms with van der Waals surface area (Å²) in [6.45, 7) is 1.92. The summed E-state index contributed by atoms with van der Waals surface area (Å²) >= 11 is 0. The van der Waals surface area contributed by atoms with Crippen molar-refractivity contribution in [3.05, 3.63) is 35.9 Å². The lowest BCUT2D eigenvalue weighted by Gasteiger charge is -2.00. The second-order valence-corrected chi connectivity index (χ2v) is 2.62. The van der Waals surface area contributed by atoms with E-state index in [0.29, 0.717) is 0 Å². The number of aliphatic hydroxyl groups excluding tert-OH is 1. The van der Waals surface area contributed by atoms with Crippen LogP contribution in [0, 0.1) is 0 Å². The molecule has 2 N–H and O–H groups in total. The summed E-state index contributed by atoms with van der Waals surface area (Å²) in [6, 6.07) is 6.96. The molecule has 0 aromatic heterocycles. The van der Waals surface area contributed by atoms with E-state index in [1.807, 2.05) is 13.0 Å². The van der Waals surface area contributed by atoms with Gasteiger partial charge in [0.05, 0.1) is 6.61 Å². The molecule has 0 fully saturated rings. The van der Waals surface area contributed by atoms with Crippen molar-refractivity contribution in [3.63, 3.8) is 0 Å². The predicted molar refractivity (Wildman–Crippen MR) is 48.8 cm³/mol. The molecule has 0 aliphatic carbocycles. The Balaban J connectivity index is 2.95. The van der Waals surface area contributed by atoms with Crippen LogP contribution in [0.2, 0.25) is 0 Å². The van der Waals surface area contributed by atoms with Crippen LogP contribution in [0.5, 0.6) is 5.75 Å². The van der Waals surface area contributed by atoms with Crippen LogP contribution in [-0.4, -0.2) is 16.8 Å². The zero-order chi connectivity index (χ0) is 8.97. The highest BCUT2D eigenvalue weighted by molar-refractivity contribution is 5.64. The summed E-state index contributed by atoms with van der Waals surface area (Å²) in [5.74, 6) is 0.248. The van der Waals surface area contributed by atoms with Crippen LogP contribution in [0.3, 0.4) is 0 Å². The highest BCUT2D eigenvalue weighted by atomic mass is 16.3. The van der Waals surface area contributed by atoms with E-state index < -0.39 is 0 Å². The number of hydrogen-bond donors (Lipinski definition) is 2. The minimum Gasteiger partial charge on any atom is -0.508 e. The lowest BCUT2D eigenvalue weighted by molar-refractivity contribution is 0.343. The van der Waals surface area contributed by atoms with Crippen LogP contribution in [0.15, 0.2) is 30.3 Å². The molecule has 0 saturated heterocycles. The zero-order valence-corrected chi connectivity index (χ0v) is 6.99. The van der Waals surface area contributed by atoms with Crippen molar-refractivity contribution >= 4 is 5.57 Å². The number of aliphatic hydroxyl groups is 1. The molecule has 2 heteroatoms. The predicted octanol–water partition coefficient (Wildman–Crippen LogP) is 1.79.